The van der Waals surface area contributed by atoms with Gasteiger partial charge in [0.25, 0.3) is 0 Å². The van der Waals surface area contributed by atoms with Gasteiger partial charge in [-0.2, -0.15) is 5.26 Å². The summed E-state index contributed by atoms with van der Waals surface area (Å²) in [6.45, 7) is 3.88. The minimum Gasteiger partial charge on any atom is -0.314 e. The van der Waals surface area contributed by atoms with Crippen molar-refractivity contribution >= 4 is 36.4 Å². The lowest BCUT2D eigenvalue weighted by Crippen LogP contribution is -2.45. The van der Waals surface area contributed by atoms with E-state index in [2.05, 4.69) is 21.3 Å². The molecule has 1 saturated heterocycles. The molecule has 1 aromatic heterocycles. The molecule has 1 aliphatic heterocycles. The van der Waals surface area contributed by atoms with E-state index in [0.29, 0.717) is 11.6 Å². The van der Waals surface area contributed by atoms with Crippen molar-refractivity contribution < 1.29 is 0 Å². The fourth-order valence-electron chi connectivity index (χ4n) is 2.12. The normalized spacial score (nSPS) is 16.6. The number of pyridine rings is 1. The van der Waals surface area contributed by atoms with Gasteiger partial charge in [-0.15, -0.1) is 24.8 Å². The molecule has 1 aliphatic rings. The molecule has 0 amide bonds. The van der Waals surface area contributed by atoms with Crippen LogP contribution in [0.25, 0.3) is 0 Å². The molecule has 0 saturated carbocycles. The Morgan fingerprint density at radius 2 is 2.05 bits per heavy atom. The average molecular weight is 324 g/mol. The molecule has 1 fully saturated rings. The van der Waals surface area contributed by atoms with Crippen molar-refractivity contribution in [3.8, 4) is 6.07 Å². The Morgan fingerprint density at radius 1 is 1.37 bits per heavy atom. The number of nitriles is 1. The number of hydrogen-bond acceptors (Lipinski definition) is 4. The van der Waals surface area contributed by atoms with Crippen molar-refractivity contribution in [2.75, 3.05) is 26.2 Å². The lowest BCUT2D eigenvalue weighted by Gasteiger charge is -2.33. The number of aromatic nitrogens is 1. The SMILES string of the molecule is Cl.Cl.N#CC[C@H](c1ccc(Cl)nc1)N1CCNCC1. The Bertz CT molecular complexity index is 398. The quantitative estimate of drug-likeness (QED) is 0.868. The third-order valence-corrected chi connectivity index (χ3v) is 3.24. The Morgan fingerprint density at radius 3 is 2.58 bits per heavy atom. The van der Waals surface area contributed by atoms with Gasteiger partial charge in [0, 0.05) is 38.4 Å². The van der Waals surface area contributed by atoms with Gasteiger partial charge in [0.1, 0.15) is 5.15 Å². The van der Waals surface area contributed by atoms with E-state index in [1.165, 1.54) is 0 Å². The van der Waals surface area contributed by atoms with E-state index < -0.39 is 0 Å². The second-order valence-electron chi connectivity index (χ2n) is 4.08. The number of nitrogens with one attached hydrogen (secondary N) is 1. The molecule has 1 N–H and O–H groups in total. The predicted molar refractivity (Wildman–Crippen MR) is 81.2 cm³/mol. The lowest BCUT2D eigenvalue weighted by atomic mass is 10.0. The Balaban J connectivity index is 0.00000162. The van der Waals surface area contributed by atoms with Crippen molar-refractivity contribution in [2.45, 2.75) is 12.5 Å². The van der Waals surface area contributed by atoms with Gasteiger partial charge in [-0.3, -0.25) is 4.90 Å². The highest BCUT2D eigenvalue weighted by Gasteiger charge is 2.21. The summed E-state index contributed by atoms with van der Waals surface area (Å²) < 4.78 is 0. The zero-order valence-corrected chi connectivity index (χ0v) is 12.8. The van der Waals surface area contributed by atoms with Crippen LogP contribution in [-0.4, -0.2) is 36.1 Å². The molecule has 0 spiro atoms. The molecule has 19 heavy (non-hydrogen) atoms. The highest BCUT2D eigenvalue weighted by Crippen LogP contribution is 2.24. The largest absolute Gasteiger partial charge is 0.314 e. The maximum absolute atomic E-state index is 8.94. The summed E-state index contributed by atoms with van der Waals surface area (Å²) in [5.74, 6) is 0. The second kappa shape index (κ2) is 9.35. The van der Waals surface area contributed by atoms with Gasteiger partial charge in [-0.1, -0.05) is 17.7 Å². The summed E-state index contributed by atoms with van der Waals surface area (Å²) in [7, 11) is 0. The average Bonchev–Trinajstić information content (AvgIpc) is 2.38. The van der Waals surface area contributed by atoms with Crippen molar-refractivity contribution in [1.29, 1.82) is 5.26 Å². The van der Waals surface area contributed by atoms with E-state index in [1.54, 1.807) is 12.3 Å². The van der Waals surface area contributed by atoms with E-state index in [0.717, 1.165) is 31.7 Å². The standard InChI is InChI=1S/C12H15ClN4.2ClH/c13-12-2-1-10(9-16-12)11(3-4-14)17-7-5-15-6-8-17;;/h1-2,9,11,15H,3,5-8H2;2*1H/t11-;;/m1../s1. The number of rotatable bonds is 3. The summed E-state index contributed by atoms with van der Waals surface area (Å²) in [4.78, 5) is 6.41. The van der Waals surface area contributed by atoms with Crippen LogP contribution in [0.3, 0.4) is 0 Å². The molecular formula is C12H17Cl3N4. The first-order valence-electron chi connectivity index (χ1n) is 5.74. The third kappa shape index (κ3) is 5.13. The minimum absolute atomic E-state index is 0. The van der Waals surface area contributed by atoms with Crippen LogP contribution in [0.1, 0.15) is 18.0 Å². The molecule has 2 heterocycles. The van der Waals surface area contributed by atoms with Gasteiger partial charge in [0.15, 0.2) is 0 Å². The smallest absolute Gasteiger partial charge is 0.129 e. The molecule has 2 rings (SSSR count). The van der Waals surface area contributed by atoms with Crippen LogP contribution in [0.4, 0.5) is 0 Å². The minimum atomic E-state index is 0. The van der Waals surface area contributed by atoms with Crippen LogP contribution in [0.2, 0.25) is 5.15 Å². The summed E-state index contributed by atoms with van der Waals surface area (Å²) >= 11 is 5.78. The molecule has 106 valence electrons. The molecule has 4 nitrogen and oxygen atoms in total. The molecule has 0 unspecified atom stereocenters. The number of nitrogens with zero attached hydrogens (tertiary/aromatic N) is 3. The van der Waals surface area contributed by atoms with Gasteiger partial charge in [-0.25, -0.2) is 4.98 Å². The first kappa shape index (κ1) is 18.4. The van der Waals surface area contributed by atoms with Gasteiger partial charge in [0.2, 0.25) is 0 Å². The van der Waals surface area contributed by atoms with Gasteiger partial charge in [0.05, 0.1) is 12.5 Å². The second-order valence-corrected chi connectivity index (χ2v) is 4.47. The molecule has 0 aliphatic carbocycles. The molecule has 0 aromatic carbocycles. The van der Waals surface area contributed by atoms with Crippen molar-refractivity contribution in [1.82, 2.24) is 15.2 Å². The highest BCUT2D eigenvalue weighted by molar-refractivity contribution is 6.29. The Labute approximate surface area is 131 Å². The zero-order valence-electron chi connectivity index (χ0n) is 10.4. The molecule has 0 bridgehead atoms. The van der Waals surface area contributed by atoms with Crippen LogP contribution >= 0.6 is 36.4 Å². The van der Waals surface area contributed by atoms with Gasteiger partial charge >= 0.3 is 0 Å². The first-order chi connectivity index (χ1) is 8.31. The Kier molecular flexibility index (Phi) is 9.07. The van der Waals surface area contributed by atoms with E-state index in [-0.39, 0.29) is 30.9 Å². The van der Waals surface area contributed by atoms with E-state index in [9.17, 15) is 0 Å². The van der Waals surface area contributed by atoms with Crippen LogP contribution in [-0.2, 0) is 0 Å². The highest BCUT2D eigenvalue weighted by atomic mass is 35.5. The van der Waals surface area contributed by atoms with E-state index >= 15 is 0 Å². The molecule has 1 aromatic rings. The summed E-state index contributed by atoms with van der Waals surface area (Å²) in [5, 5.41) is 12.7. The van der Waals surface area contributed by atoms with Gasteiger partial charge < -0.3 is 5.32 Å². The predicted octanol–water partition coefficient (Wildman–Crippen LogP) is 2.44. The third-order valence-electron chi connectivity index (χ3n) is 3.01. The molecule has 1 atom stereocenters. The van der Waals surface area contributed by atoms with Gasteiger partial charge in [-0.05, 0) is 11.6 Å². The van der Waals surface area contributed by atoms with Crippen molar-refractivity contribution in [3.05, 3.63) is 29.0 Å². The maximum atomic E-state index is 8.94. The zero-order chi connectivity index (χ0) is 12.1. The van der Waals surface area contributed by atoms with Crippen molar-refractivity contribution in [3.63, 3.8) is 0 Å². The number of hydrogen-bond donors (Lipinski definition) is 1. The van der Waals surface area contributed by atoms with Crippen molar-refractivity contribution in [2.24, 2.45) is 0 Å². The fraction of sp³-hybridized carbons (Fsp3) is 0.500. The van der Waals surface area contributed by atoms with E-state index in [1.807, 2.05) is 6.07 Å². The molecule has 7 heteroatoms. The maximum Gasteiger partial charge on any atom is 0.129 e. The molecule has 0 radical (unpaired) electrons. The lowest BCUT2D eigenvalue weighted by molar-refractivity contribution is 0.175. The fourth-order valence-corrected chi connectivity index (χ4v) is 2.23. The van der Waals surface area contributed by atoms with E-state index in [4.69, 9.17) is 16.9 Å². The monoisotopic (exact) mass is 322 g/mol. The first-order valence-corrected chi connectivity index (χ1v) is 6.12. The summed E-state index contributed by atoms with van der Waals surface area (Å²) in [6, 6.07) is 6.13. The van der Waals surface area contributed by atoms with Crippen LogP contribution in [0, 0.1) is 11.3 Å². The topological polar surface area (TPSA) is 52.0 Å². The Hall–Kier alpha value is -0.570. The molecular weight excluding hydrogens is 307 g/mol. The van der Waals surface area contributed by atoms with Crippen LogP contribution < -0.4 is 5.32 Å². The number of piperazine rings is 1. The van der Waals surface area contributed by atoms with Crippen LogP contribution in [0.15, 0.2) is 18.3 Å². The van der Waals surface area contributed by atoms with Crippen LogP contribution in [0.5, 0.6) is 0 Å². The number of halogens is 3. The summed E-state index contributed by atoms with van der Waals surface area (Å²) in [6.07, 6.45) is 2.26. The summed E-state index contributed by atoms with van der Waals surface area (Å²) in [5.41, 5.74) is 1.07.